The molecule has 0 fully saturated rings. The van der Waals surface area contributed by atoms with Crippen molar-refractivity contribution in [1.82, 2.24) is 5.32 Å². The van der Waals surface area contributed by atoms with Crippen molar-refractivity contribution in [3.8, 4) is 5.75 Å². The van der Waals surface area contributed by atoms with E-state index in [0.29, 0.717) is 17.7 Å². The van der Waals surface area contributed by atoms with E-state index in [9.17, 15) is 4.39 Å². The van der Waals surface area contributed by atoms with Crippen LogP contribution in [0.15, 0.2) is 35.7 Å². The number of methoxy groups -OCH3 is 1. The van der Waals surface area contributed by atoms with Gasteiger partial charge in [0.15, 0.2) is 11.6 Å². The maximum Gasteiger partial charge on any atom is 0.168 e. The third-order valence-corrected chi connectivity index (χ3v) is 5.74. The Kier molecular flexibility index (Phi) is 4.24. The minimum Gasteiger partial charge on any atom is -0.494 e. The molecule has 3 aromatic rings. The van der Waals surface area contributed by atoms with Crippen LogP contribution in [0.2, 0.25) is 0 Å². The van der Waals surface area contributed by atoms with Crippen LogP contribution in [-0.4, -0.2) is 14.2 Å². The summed E-state index contributed by atoms with van der Waals surface area (Å²) >= 11 is 3.51. The fourth-order valence-corrected chi connectivity index (χ4v) is 4.62. The zero-order chi connectivity index (χ0) is 14.8. The van der Waals surface area contributed by atoms with E-state index < -0.39 is 0 Å². The Balaban J connectivity index is 1.89. The zero-order valence-electron chi connectivity index (χ0n) is 11.9. The van der Waals surface area contributed by atoms with Gasteiger partial charge >= 0.3 is 0 Å². The highest BCUT2D eigenvalue weighted by Crippen LogP contribution is 2.35. The molecule has 0 spiro atoms. The van der Waals surface area contributed by atoms with Crippen LogP contribution in [0.3, 0.4) is 0 Å². The van der Waals surface area contributed by atoms with Gasteiger partial charge in [0.1, 0.15) is 0 Å². The Morgan fingerprint density at radius 2 is 2.14 bits per heavy atom. The summed E-state index contributed by atoms with van der Waals surface area (Å²) in [5.74, 6) is 0.0353. The number of ether oxygens (including phenoxy) is 1. The third kappa shape index (κ3) is 2.81. The number of rotatable bonds is 5. The predicted molar refractivity (Wildman–Crippen MR) is 88.2 cm³/mol. The maximum atomic E-state index is 14.3. The molecular weight excluding hydrogens is 305 g/mol. The number of fused-ring (bicyclic) bond motifs is 1. The third-order valence-electron chi connectivity index (χ3n) is 3.54. The molecule has 2 nitrogen and oxygen atoms in total. The first-order valence-corrected chi connectivity index (χ1v) is 8.38. The number of likely N-dealkylation sites (N-methyl/N-ethyl adjacent to an activating group) is 1. The predicted octanol–water partition coefficient (Wildman–Crippen LogP) is 4.61. The SMILES string of the molecule is CNC(Cc1cccc(OC)c1F)c1cc2sccc2s1. The zero-order valence-corrected chi connectivity index (χ0v) is 13.5. The summed E-state index contributed by atoms with van der Waals surface area (Å²) in [4.78, 5) is 1.24. The molecule has 0 saturated carbocycles. The summed E-state index contributed by atoms with van der Waals surface area (Å²) in [6.07, 6.45) is 0.604. The second kappa shape index (κ2) is 6.13. The minimum absolute atomic E-state index is 0.108. The smallest absolute Gasteiger partial charge is 0.168 e. The molecule has 0 radical (unpaired) electrons. The number of benzene rings is 1. The summed E-state index contributed by atoms with van der Waals surface area (Å²) in [5, 5.41) is 5.39. The van der Waals surface area contributed by atoms with E-state index >= 15 is 0 Å². The van der Waals surface area contributed by atoms with E-state index in [2.05, 4.69) is 22.8 Å². The molecule has 1 unspecified atom stereocenters. The van der Waals surface area contributed by atoms with Gasteiger partial charge in [0.25, 0.3) is 0 Å². The molecular formula is C16H16FNOS2. The van der Waals surface area contributed by atoms with Crippen molar-refractivity contribution in [3.05, 3.63) is 52.0 Å². The Morgan fingerprint density at radius 3 is 2.86 bits per heavy atom. The molecule has 3 rings (SSSR count). The molecule has 1 N–H and O–H groups in total. The molecule has 0 aliphatic carbocycles. The van der Waals surface area contributed by atoms with Crippen molar-refractivity contribution >= 4 is 32.1 Å². The van der Waals surface area contributed by atoms with Gasteiger partial charge in [0, 0.05) is 20.3 Å². The van der Waals surface area contributed by atoms with Gasteiger partial charge in [-0.25, -0.2) is 4.39 Å². The molecule has 110 valence electrons. The molecule has 0 aliphatic heterocycles. The highest BCUT2D eigenvalue weighted by molar-refractivity contribution is 7.26. The largest absolute Gasteiger partial charge is 0.494 e. The first-order chi connectivity index (χ1) is 10.2. The Hall–Kier alpha value is -1.43. The van der Waals surface area contributed by atoms with Gasteiger partial charge in [-0.15, -0.1) is 22.7 Å². The topological polar surface area (TPSA) is 21.3 Å². The number of halogens is 1. The Bertz CT molecular complexity index is 721. The molecule has 5 heteroatoms. The van der Waals surface area contributed by atoms with E-state index in [0.717, 1.165) is 0 Å². The average Bonchev–Trinajstić information content (AvgIpc) is 3.07. The van der Waals surface area contributed by atoms with Crippen molar-refractivity contribution < 1.29 is 9.13 Å². The monoisotopic (exact) mass is 321 g/mol. The lowest BCUT2D eigenvalue weighted by molar-refractivity contribution is 0.383. The van der Waals surface area contributed by atoms with E-state index in [4.69, 9.17) is 4.74 Å². The highest BCUT2D eigenvalue weighted by atomic mass is 32.1. The Labute approximate surface area is 131 Å². The summed E-state index contributed by atoms with van der Waals surface area (Å²) in [6, 6.07) is 9.73. The van der Waals surface area contributed by atoms with Gasteiger partial charge in [0.05, 0.1) is 7.11 Å². The van der Waals surface area contributed by atoms with Crippen molar-refractivity contribution in [2.75, 3.05) is 14.2 Å². The minimum atomic E-state index is -0.265. The summed E-state index contributed by atoms with van der Waals surface area (Å²) < 4.78 is 21.9. The Morgan fingerprint density at radius 1 is 1.29 bits per heavy atom. The molecule has 0 amide bonds. The van der Waals surface area contributed by atoms with Gasteiger partial charge in [-0.1, -0.05) is 12.1 Å². The van der Waals surface area contributed by atoms with Crippen LogP contribution >= 0.6 is 22.7 Å². The van der Waals surface area contributed by atoms with Crippen LogP contribution < -0.4 is 10.1 Å². The molecule has 0 aliphatic rings. The van der Waals surface area contributed by atoms with Crippen molar-refractivity contribution in [1.29, 1.82) is 0 Å². The fraction of sp³-hybridized carbons (Fsp3) is 0.250. The summed E-state index contributed by atoms with van der Waals surface area (Å²) in [6.45, 7) is 0. The van der Waals surface area contributed by atoms with Crippen LogP contribution in [0.4, 0.5) is 4.39 Å². The second-order valence-corrected chi connectivity index (χ2v) is 6.84. The fourth-order valence-electron chi connectivity index (χ4n) is 2.39. The van der Waals surface area contributed by atoms with Gasteiger partial charge in [-0.2, -0.15) is 0 Å². The summed E-state index contributed by atoms with van der Waals surface area (Å²) in [5.41, 5.74) is 0.672. The standard InChI is InChI=1S/C16H16FNOS2/c1-18-11(14-9-15-13(21-14)6-7-20-15)8-10-4-3-5-12(19-2)16(10)17/h3-7,9,11,18H,8H2,1-2H3. The van der Waals surface area contributed by atoms with Crippen LogP contribution in [0.25, 0.3) is 9.40 Å². The lowest BCUT2D eigenvalue weighted by atomic mass is 10.0. The number of hydrogen-bond acceptors (Lipinski definition) is 4. The van der Waals surface area contributed by atoms with Crippen LogP contribution in [0, 0.1) is 5.82 Å². The second-order valence-electron chi connectivity index (χ2n) is 4.78. The van der Waals surface area contributed by atoms with E-state index in [-0.39, 0.29) is 11.9 Å². The van der Waals surface area contributed by atoms with Crippen molar-refractivity contribution in [2.24, 2.45) is 0 Å². The maximum absolute atomic E-state index is 14.3. The van der Waals surface area contributed by atoms with Gasteiger partial charge in [-0.05, 0) is 42.6 Å². The molecule has 0 saturated heterocycles. The van der Waals surface area contributed by atoms with E-state index in [1.165, 1.54) is 21.4 Å². The lowest BCUT2D eigenvalue weighted by Gasteiger charge is -2.16. The average molecular weight is 321 g/mol. The van der Waals surface area contributed by atoms with Gasteiger partial charge < -0.3 is 10.1 Å². The van der Waals surface area contributed by atoms with Crippen LogP contribution in [0.5, 0.6) is 5.75 Å². The number of hydrogen-bond donors (Lipinski definition) is 1. The molecule has 0 bridgehead atoms. The summed E-state index contributed by atoms with van der Waals surface area (Å²) in [7, 11) is 3.40. The molecule has 2 aromatic heterocycles. The lowest BCUT2D eigenvalue weighted by Crippen LogP contribution is -2.18. The van der Waals surface area contributed by atoms with E-state index in [1.807, 2.05) is 19.2 Å². The van der Waals surface area contributed by atoms with Gasteiger partial charge in [0.2, 0.25) is 0 Å². The van der Waals surface area contributed by atoms with E-state index in [1.54, 1.807) is 28.7 Å². The quantitative estimate of drug-likeness (QED) is 0.741. The van der Waals surface area contributed by atoms with Crippen LogP contribution in [-0.2, 0) is 6.42 Å². The first kappa shape index (κ1) is 14.5. The highest BCUT2D eigenvalue weighted by Gasteiger charge is 2.17. The number of thiophene rings is 2. The molecule has 21 heavy (non-hydrogen) atoms. The number of nitrogens with one attached hydrogen (secondary N) is 1. The molecule has 1 aromatic carbocycles. The normalized spacial score (nSPS) is 12.7. The molecule has 1 atom stereocenters. The van der Waals surface area contributed by atoms with Crippen LogP contribution in [0.1, 0.15) is 16.5 Å². The van der Waals surface area contributed by atoms with Gasteiger partial charge in [-0.3, -0.25) is 0 Å². The van der Waals surface area contributed by atoms with Crippen molar-refractivity contribution in [2.45, 2.75) is 12.5 Å². The first-order valence-electron chi connectivity index (χ1n) is 6.68. The molecule has 2 heterocycles. The van der Waals surface area contributed by atoms with Crippen molar-refractivity contribution in [3.63, 3.8) is 0 Å².